The van der Waals surface area contributed by atoms with Crippen molar-refractivity contribution >= 4 is 27.6 Å². The fourth-order valence-electron chi connectivity index (χ4n) is 4.00. The third kappa shape index (κ3) is 2.71. The molecule has 2 aromatic heterocycles. The molecule has 0 spiro atoms. The van der Waals surface area contributed by atoms with Crippen LogP contribution >= 0.6 is 0 Å². The number of benzene rings is 2. The minimum Gasteiger partial charge on any atom is -0.480 e. The van der Waals surface area contributed by atoms with Gasteiger partial charge in [0.05, 0.1) is 0 Å². The molecule has 0 fully saturated rings. The second-order valence-corrected chi connectivity index (χ2v) is 7.35. The van der Waals surface area contributed by atoms with E-state index in [-0.39, 0.29) is 18.1 Å². The molecule has 0 bridgehead atoms. The predicted molar refractivity (Wildman–Crippen MR) is 112 cm³/mol. The summed E-state index contributed by atoms with van der Waals surface area (Å²) in [7, 11) is 0. The minimum absolute atomic E-state index is 0.0127. The molecule has 0 saturated heterocycles. The van der Waals surface area contributed by atoms with E-state index in [1.165, 1.54) is 0 Å². The zero-order valence-corrected chi connectivity index (χ0v) is 16.1. The van der Waals surface area contributed by atoms with Crippen LogP contribution in [-0.2, 0) is 11.3 Å². The Kier molecular flexibility index (Phi) is 4.30. The Morgan fingerprint density at radius 3 is 2.25 bits per heavy atom. The van der Waals surface area contributed by atoms with Crippen molar-refractivity contribution in [2.75, 3.05) is 0 Å². The van der Waals surface area contributed by atoms with Crippen LogP contribution in [-0.4, -0.2) is 20.2 Å². The second-order valence-electron chi connectivity index (χ2n) is 7.35. The molecule has 5 heteroatoms. The molecule has 142 valence electrons. The summed E-state index contributed by atoms with van der Waals surface area (Å²) in [5, 5.41) is 11.9. The molecule has 5 nitrogen and oxygen atoms in total. The van der Waals surface area contributed by atoms with Gasteiger partial charge in [-0.2, -0.15) is 0 Å². The Hall–Kier alpha value is -3.34. The van der Waals surface area contributed by atoms with Gasteiger partial charge in [-0.3, -0.25) is 9.59 Å². The molecule has 4 aromatic rings. The van der Waals surface area contributed by atoms with E-state index in [2.05, 4.69) is 0 Å². The lowest BCUT2D eigenvalue weighted by Crippen LogP contribution is -2.22. The molecule has 0 atom stereocenters. The average molecular weight is 374 g/mol. The van der Waals surface area contributed by atoms with E-state index in [1.54, 1.807) is 4.57 Å². The highest BCUT2D eigenvalue weighted by Crippen LogP contribution is 2.37. The number of fused-ring (bicyclic) bond motifs is 2. The monoisotopic (exact) mass is 374 g/mol. The Bertz CT molecular complexity index is 1280. The largest absolute Gasteiger partial charge is 0.480 e. The highest BCUT2D eigenvalue weighted by atomic mass is 16.4. The van der Waals surface area contributed by atoms with Crippen molar-refractivity contribution in [3.05, 3.63) is 70.8 Å². The zero-order valence-electron chi connectivity index (χ0n) is 16.1. The van der Waals surface area contributed by atoms with Crippen LogP contribution in [0.1, 0.15) is 25.6 Å². The number of carbonyl (C=O) groups is 1. The van der Waals surface area contributed by atoms with Crippen LogP contribution in [0.3, 0.4) is 0 Å². The summed E-state index contributed by atoms with van der Waals surface area (Å²) < 4.78 is 3.58. The number of nitrogens with zero attached hydrogens (tertiary/aromatic N) is 2. The van der Waals surface area contributed by atoms with Crippen molar-refractivity contribution in [1.29, 1.82) is 0 Å². The Morgan fingerprint density at radius 2 is 1.61 bits per heavy atom. The fourth-order valence-corrected chi connectivity index (χ4v) is 4.00. The first-order valence-electron chi connectivity index (χ1n) is 9.34. The van der Waals surface area contributed by atoms with Crippen molar-refractivity contribution in [2.24, 2.45) is 0 Å². The van der Waals surface area contributed by atoms with Gasteiger partial charge in [0.2, 0.25) is 0 Å². The smallest absolute Gasteiger partial charge is 0.323 e. The van der Waals surface area contributed by atoms with Gasteiger partial charge in [-0.15, -0.1) is 0 Å². The summed E-state index contributed by atoms with van der Waals surface area (Å²) in [4.78, 5) is 24.4. The molecule has 2 heterocycles. The van der Waals surface area contributed by atoms with Crippen LogP contribution in [0, 0.1) is 6.92 Å². The lowest BCUT2D eigenvalue weighted by Gasteiger charge is -2.16. The number of rotatable bonds is 4. The van der Waals surface area contributed by atoms with E-state index in [1.807, 2.05) is 80.1 Å². The van der Waals surface area contributed by atoms with E-state index in [4.69, 9.17) is 0 Å². The standard InChI is InChI=1S/C23H22N2O3/c1-14(2)24-12-19(16-8-4-5-9-17(16)23(24)28)22-15(3)25(13-21(26)27)20-11-7-6-10-18(20)22/h4-12,14H,13H2,1-3H3,(H,26,27). The molecule has 1 N–H and O–H groups in total. The number of hydrogen-bond acceptors (Lipinski definition) is 2. The molecule has 0 radical (unpaired) electrons. The van der Waals surface area contributed by atoms with Crippen LogP contribution < -0.4 is 5.56 Å². The van der Waals surface area contributed by atoms with Gasteiger partial charge in [0.15, 0.2) is 0 Å². The zero-order chi connectivity index (χ0) is 20.0. The van der Waals surface area contributed by atoms with Crippen molar-refractivity contribution in [3.63, 3.8) is 0 Å². The summed E-state index contributed by atoms with van der Waals surface area (Å²) in [5.41, 5.74) is 3.66. The third-order valence-electron chi connectivity index (χ3n) is 5.30. The first kappa shape index (κ1) is 18.0. The Morgan fingerprint density at radius 1 is 1.00 bits per heavy atom. The van der Waals surface area contributed by atoms with Crippen molar-refractivity contribution < 1.29 is 9.90 Å². The van der Waals surface area contributed by atoms with Gasteiger partial charge in [0.1, 0.15) is 6.54 Å². The molecule has 28 heavy (non-hydrogen) atoms. The van der Waals surface area contributed by atoms with Crippen molar-refractivity contribution in [2.45, 2.75) is 33.4 Å². The maximum atomic E-state index is 12.9. The lowest BCUT2D eigenvalue weighted by molar-refractivity contribution is -0.137. The number of hydrogen-bond donors (Lipinski definition) is 1. The summed E-state index contributed by atoms with van der Waals surface area (Å²) in [6, 6.07) is 15.4. The van der Waals surface area contributed by atoms with Gasteiger partial charge >= 0.3 is 5.97 Å². The predicted octanol–water partition coefficient (Wildman–Crippen LogP) is 4.60. The maximum Gasteiger partial charge on any atom is 0.323 e. The van der Waals surface area contributed by atoms with Gasteiger partial charge < -0.3 is 14.2 Å². The van der Waals surface area contributed by atoms with E-state index < -0.39 is 5.97 Å². The molecule has 0 unspecified atom stereocenters. The fraction of sp³-hybridized carbons (Fsp3) is 0.217. The normalized spacial score (nSPS) is 11.6. The summed E-state index contributed by atoms with van der Waals surface area (Å²) in [6.45, 7) is 5.81. The number of carboxylic acids is 1. The van der Waals surface area contributed by atoms with Gasteiger partial charge in [-0.25, -0.2) is 0 Å². The van der Waals surface area contributed by atoms with Crippen LogP contribution in [0.15, 0.2) is 59.5 Å². The van der Waals surface area contributed by atoms with E-state index in [9.17, 15) is 14.7 Å². The highest BCUT2D eigenvalue weighted by Gasteiger charge is 2.20. The van der Waals surface area contributed by atoms with Gasteiger partial charge in [0.25, 0.3) is 5.56 Å². The molecule has 4 rings (SSSR count). The first-order chi connectivity index (χ1) is 13.4. The van der Waals surface area contributed by atoms with Gasteiger partial charge in [0, 0.05) is 45.3 Å². The number of aromatic nitrogens is 2. The van der Waals surface area contributed by atoms with Crippen LogP contribution in [0.2, 0.25) is 0 Å². The second kappa shape index (κ2) is 6.68. The number of carboxylic acid groups (broad SMARTS) is 1. The lowest BCUT2D eigenvalue weighted by atomic mass is 9.98. The summed E-state index contributed by atoms with van der Waals surface area (Å²) in [6.07, 6.45) is 1.91. The van der Waals surface area contributed by atoms with E-state index in [0.717, 1.165) is 33.1 Å². The van der Waals surface area contributed by atoms with E-state index >= 15 is 0 Å². The van der Waals surface area contributed by atoms with Crippen LogP contribution in [0.5, 0.6) is 0 Å². The molecule has 0 aliphatic carbocycles. The number of para-hydroxylation sites is 1. The minimum atomic E-state index is -0.882. The highest BCUT2D eigenvalue weighted by molar-refractivity contribution is 6.06. The Labute approximate surface area is 162 Å². The van der Waals surface area contributed by atoms with E-state index in [0.29, 0.717) is 5.39 Å². The summed E-state index contributed by atoms with van der Waals surface area (Å²) in [5.74, 6) is -0.882. The molecule has 0 amide bonds. The molecular weight excluding hydrogens is 352 g/mol. The molecule has 0 aliphatic rings. The summed E-state index contributed by atoms with van der Waals surface area (Å²) >= 11 is 0. The number of pyridine rings is 1. The van der Waals surface area contributed by atoms with Gasteiger partial charge in [-0.05, 0) is 38.3 Å². The number of aliphatic carboxylic acids is 1. The van der Waals surface area contributed by atoms with Crippen LogP contribution in [0.4, 0.5) is 0 Å². The van der Waals surface area contributed by atoms with Crippen molar-refractivity contribution in [3.8, 4) is 11.1 Å². The molecular formula is C23H22N2O3. The van der Waals surface area contributed by atoms with Gasteiger partial charge in [-0.1, -0.05) is 36.4 Å². The first-order valence-corrected chi connectivity index (χ1v) is 9.34. The molecule has 0 saturated carbocycles. The Balaban J connectivity index is 2.16. The SMILES string of the molecule is Cc1c(-c2cn(C(C)C)c(=O)c3ccccc23)c2ccccc2n1CC(=O)O. The topological polar surface area (TPSA) is 64.2 Å². The average Bonchev–Trinajstić information content (AvgIpc) is 2.94. The van der Waals surface area contributed by atoms with Crippen LogP contribution in [0.25, 0.3) is 32.8 Å². The maximum absolute atomic E-state index is 12.9. The molecule has 0 aliphatic heterocycles. The van der Waals surface area contributed by atoms with Crippen molar-refractivity contribution in [1.82, 2.24) is 9.13 Å². The molecule has 2 aromatic carbocycles. The quantitative estimate of drug-likeness (QED) is 0.568. The third-order valence-corrected chi connectivity index (χ3v) is 5.30.